The van der Waals surface area contributed by atoms with Gasteiger partial charge in [0, 0.05) is 6.92 Å². The first-order valence-electron chi connectivity index (χ1n) is 5.88. The van der Waals surface area contributed by atoms with Gasteiger partial charge in [0.15, 0.2) is 0 Å². The Labute approximate surface area is 114 Å². The predicted molar refractivity (Wildman–Crippen MR) is 74.6 cm³/mol. The monoisotopic (exact) mass is 274 g/mol. The summed E-state index contributed by atoms with van der Waals surface area (Å²) < 4.78 is 17.1. The Hall–Kier alpha value is -1.94. The van der Waals surface area contributed by atoms with Gasteiger partial charge in [-0.3, -0.25) is 4.79 Å². The van der Waals surface area contributed by atoms with Crippen molar-refractivity contribution in [2.24, 2.45) is 0 Å². The first kappa shape index (κ1) is 13.5. The van der Waals surface area contributed by atoms with Gasteiger partial charge in [0.2, 0.25) is 11.1 Å². The van der Waals surface area contributed by atoms with Crippen molar-refractivity contribution in [3.05, 3.63) is 71.8 Å². The van der Waals surface area contributed by atoms with Crippen LogP contribution in [0.3, 0.4) is 0 Å². The van der Waals surface area contributed by atoms with Crippen molar-refractivity contribution in [2.45, 2.75) is 12.2 Å². The molecule has 0 N–H and O–H groups in total. The van der Waals surface area contributed by atoms with E-state index in [9.17, 15) is 9.00 Å². The summed E-state index contributed by atoms with van der Waals surface area (Å²) in [5.74, 6) is -0.546. The van der Waals surface area contributed by atoms with Crippen LogP contribution in [-0.4, -0.2) is 10.2 Å². The SMILES string of the molecule is CC(=O)OS(=O)C(c1ccccc1)c1ccccc1. The van der Waals surface area contributed by atoms with E-state index in [2.05, 4.69) is 0 Å². The van der Waals surface area contributed by atoms with E-state index in [1.54, 1.807) is 0 Å². The number of carbonyl (C=O) groups is 1. The normalized spacial score (nSPS) is 12.1. The summed E-state index contributed by atoms with van der Waals surface area (Å²) in [6.45, 7) is 1.25. The molecule has 2 aromatic carbocycles. The summed E-state index contributed by atoms with van der Waals surface area (Å²) in [6, 6.07) is 18.8. The Kier molecular flexibility index (Phi) is 4.47. The molecule has 0 saturated heterocycles. The minimum atomic E-state index is -1.74. The van der Waals surface area contributed by atoms with Crippen LogP contribution in [0.25, 0.3) is 0 Å². The molecule has 0 aromatic heterocycles. The van der Waals surface area contributed by atoms with Crippen molar-refractivity contribution in [1.29, 1.82) is 0 Å². The van der Waals surface area contributed by atoms with Crippen LogP contribution in [-0.2, 0) is 20.1 Å². The molecule has 0 fully saturated rings. The van der Waals surface area contributed by atoms with E-state index in [1.165, 1.54) is 6.92 Å². The van der Waals surface area contributed by atoms with Gasteiger partial charge in [-0.15, -0.1) is 0 Å². The molecule has 0 saturated carbocycles. The second kappa shape index (κ2) is 6.29. The molecule has 0 radical (unpaired) electrons. The van der Waals surface area contributed by atoms with Crippen LogP contribution in [0.2, 0.25) is 0 Å². The van der Waals surface area contributed by atoms with E-state index in [0.717, 1.165) is 11.1 Å². The quantitative estimate of drug-likeness (QED) is 0.860. The maximum atomic E-state index is 12.2. The summed E-state index contributed by atoms with van der Waals surface area (Å²) in [5.41, 5.74) is 1.71. The molecule has 0 aliphatic rings. The molecule has 0 aliphatic carbocycles. The average molecular weight is 274 g/mol. The Morgan fingerprint density at radius 1 is 0.947 bits per heavy atom. The van der Waals surface area contributed by atoms with Crippen LogP contribution >= 0.6 is 0 Å². The fourth-order valence-electron chi connectivity index (χ4n) is 1.83. The Morgan fingerprint density at radius 2 is 1.37 bits per heavy atom. The van der Waals surface area contributed by atoms with Gasteiger partial charge in [0.05, 0.1) is 0 Å². The second-order valence-electron chi connectivity index (χ2n) is 4.04. The zero-order chi connectivity index (χ0) is 13.7. The first-order chi connectivity index (χ1) is 9.18. The summed E-state index contributed by atoms with van der Waals surface area (Å²) in [7, 11) is 0. The van der Waals surface area contributed by atoms with Crippen molar-refractivity contribution in [3.63, 3.8) is 0 Å². The lowest BCUT2D eigenvalue weighted by Gasteiger charge is -2.16. The molecule has 0 spiro atoms. The van der Waals surface area contributed by atoms with Gasteiger partial charge in [-0.1, -0.05) is 60.7 Å². The summed E-state index contributed by atoms with van der Waals surface area (Å²) in [5, 5.41) is -0.466. The molecule has 1 atom stereocenters. The Bertz CT molecular complexity index is 527. The molecule has 98 valence electrons. The number of rotatable bonds is 4. The van der Waals surface area contributed by atoms with Crippen LogP contribution in [0.1, 0.15) is 23.3 Å². The van der Waals surface area contributed by atoms with Gasteiger partial charge in [-0.25, -0.2) is 4.21 Å². The maximum Gasteiger partial charge on any atom is 0.316 e. The van der Waals surface area contributed by atoms with Crippen LogP contribution < -0.4 is 0 Å². The van der Waals surface area contributed by atoms with E-state index in [-0.39, 0.29) is 0 Å². The van der Waals surface area contributed by atoms with Gasteiger partial charge < -0.3 is 4.18 Å². The van der Waals surface area contributed by atoms with Crippen LogP contribution in [0.15, 0.2) is 60.7 Å². The molecule has 4 heteroatoms. The minimum absolute atomic E-state index is 0.466. The van der Waals surface area contributed by atoms with Gasteiger partial charge in [0.25, 0.3) is 0 Å². The van der Waals surface area contributed by atoms with Crippen molar-refractivity contribution >= 4 is 17.0 Å². The molecular formula is C15H14O3S. The molecular weight excluding hydrogens is 260 g/mol. The summed E-state index contributed by atoms with van der Waals surface area (Å²) >= 11 is -1.74. The third kappa shape index (κ3) is 3.51. The highest BCUT2D eigenvalue weighted by Crippen LogP contribution is 2.28. The Morgan fingerprint density at radius 3 is 1.74 bits per heavy atom. The van der Waals surface area contributed by atoms with E-state index in [0.29, 0.717) is 0 Å². The topological polar surface area (TPSA) is 43.4 Å². The fraction of sp³-hybridized carbons (Fsp3) is 0.133. The highest BCUT2D eigenvalue weighted by atomic mass is 32.2. The maximum absolute atomic E-state index is 12.2. The number of hydrogen-bond donors (Lipinski definition) is 0. The average Bonchev–Trinajstić information content (AvgIpc) is 2.40. The van der Waals surface area contributed by atoms with E-state index in [4.69, 9.17) is 4.18 Å². The van der Waals surface area contributed by atoms with Crippen molar-refractivity contribution in [3.8, 4) is 0 Å². The lowest BCUT2D eigenvalue weighted by atomic mass is 10.0. The van der Waals surface area contributed by atoms with E-state index in [1.807, 2.05) is 60.7 Å². The highest BCUT2D eigenvalue weighted by Gasteiger charge is 2.23. The lowest BCUT2D eigenvalue weighted by Crippen LogP contribution is -2.13. The second-order valence-corrected chi connectivity index (χ2v) is 5.20. The lowest BCUT2D eigenvalue weighted by molar-refractivity contribution is -0.131. The van der Waals surface area contributed by atoms with Crippen molar-refractivity contribution in [2.75, 3.05) is 0 Å². The van der Waals surface area contributed by atoms with Crippen LogP contribution in [0.5, 0.6) is 0 Å². The zero-order valence-corrected chi connectivity index (χ0v) is 11.3. The third-order valence-corrected chi connectivity index (χ3v) is 3.92. The standard InChI is InChI=1S/C15H14O3S/c1-12(16)18-19(17)15(13-8-4-2-5-9-13)14-10-6-3-7-11-14/h2-11,15H,1H3. The molecule has 2 aromatic rings. The molecule has 19 heavy (non-hydrogen) atoms. The molecule has 0 aliphatic heterocycles. The predicted octanol–water partition coefficient (Wildman–Crippen LogP) is 3.00. The van der Waals surface area contributed by atoms with Gasteiger partial charge in [-0.05, 0) is 11.1 Å². The van der Waals surface area contributed by atoms with E-state index < -0.39 is 22.3 Å². The highest BCUT2D eigenvalue weighted by molar-refractivity contribution is 7.81. The van der Waals surface area contributed by atoms with Crippen molar-refractivity contribution < 1.29 is 13.2 Å². The molecule has 0 amide bonds. The molecule has 0 bridgehead atoms. The summed E-state index contributed by atoms with van der Waals surface area (Å²) in [6.07, 6.45) is 0. The van der Waals surface area contributed by atoms with Crippen LogP contribution in [0.4, 0.5) is 0 Å². The number of hydrogen-bond acceptors (Lipinski definition) is 3. The molecule has 0 heterocycles. The largest absolute Gasteiger partial charge is 0.364 e. The smallest absolute Gasteiger partial charge is 0.316 e. The third-order valence-electron chi connectivity index (χ3n) is 2.60. The number of benzene rings is 2. The van der Waals surface area contributed by atoms with Crippen LogP contribution in [0, 0.1) is 0 Å². The number of carbonyl (C=O) groups excluding carboxylic acids is 1. The van der Waals surface area contributed by atoms with Gasteiger partial charge >= 0.3 is 5.97 Å². The van der Waals surface area contributed by atoms with E-state index >= 15 is 0 Å². The minimum Gasteiger partial charge on any atom is -0.364 e. The molecule has 3 nitrogen and oxygen atoms in total. The molecule has 1 unspecified atom stereocenters. The zero-order valence-electron chi connectivity index (χ0n) is 10.5. The first-order valence-corrected chi connectivity index (χ1v) is 7.01. The van der Waals surface area contributed by atoms with Crippen molar-refractivity contribution in [1.82, 2.24) is 0 Å². The fourth-order valence-corrected chi connectivity index (χ4v) is 2.92. The van der Waals surface area contributed by atoms with Gasteiger partial charge in [-0.2, -0.15) is 0 Å². The Balaban J connectivity index is 2.40. The van der Waals surface area contributed by atoms with Gasteiger partial charge in [0.1, 0.15) is 5.25 Å². The molecule has 2 rings (SSSR count). The summed E-state index contributed by atoms with van der Waals surface area (Å²) in [4.78, 5) is 11.0.